The van der Waals surface area contributed by atoms with E-state index in [2.05, 4.69) is 0 Å². The van der Waals surface area contributed by atoms with Gasteiger partial charge in [-0.05, 0) is 42.7 Å². The molecule has 2 aromatic carbocycles. The fraction of sp³-hybridized carbons (Fsp3) is 0.318. The summed E-state index contributed by atoms with van der Waals surface area (Å²) in [5, 5.41) is 0. The second-order valence-electron chi connectivity index (χ2n) is 7.08. The Kier molecular flexibility index (Phi) is 4.86. The van der Waals surface area contributed by atoms with Gasteiger partial charge in [0.1, 0.15) is 5.75 Å². The van der Waals surface area contributed by atoms with Crippen LogP contribution in [-0.4, -0.2) is 47.7 Å². The number of likely N-dealkylation sites (tertiary alicyclic amines) is 1. The summed E-state index contributed by atoms with van der Waals surface area (Å²) in [6.07, 6.45) is 1.96. The third-order valence-electron chi connectivity index (χ3n) is 5.48. The molecule has 6 nitrogen and oxygen atoms in total. The van der Waals surface area contributed by atoms with Gasteiger partial charge in [-0.25, -0.2) is 0 Å². The zero-order chi connectivity index (χ0) is 19.7. The van der Waals surface area contributed by atoms with Crippen LogP contribution in [0.1, 0.15) is 51.6 Å². The molecule has 2 heterocycles. The van der Waals surface area contributed by atoms with E-state index in [4.69, 9.17) is 4.74 Å². The molecular formula is C22H22N2O4. The van der Waals surface area contributed by atoms with Crippen LogP contribution in [0.5, 0.6) is 5.75 Å². The van der Waals surface area contributed by atoms with E-state index in [-0.39, 0.29) is 36.7 Å². The van der Waals surface area contributed by atoms with Crippen LogP contribution in [0.25, 0.3) is 0 Å². The molecule has 1 atom stereocenters. The number of rotatable bonds is 5. The highest BCUT2D eigenvalue weighted by molar-refractivity contribution is 6.21. The van der Waals surface area contributed by atoms with Crippen molar-refractivity contribution in [1.29, 1.82) is 0 Å². The first-order chi connectivity index (χ1) is 13.6. The average molecular weight is 378 g/mol. The van der Waals surface area contributed by atoms with Crippen LogP contribution in [0.15, 0.2) is 48.5 Å². The maximum absolute atomic E-state index is 12.9. The Balaban J connectivity index is 1.44. The van der Waals surface area contributed by atoms with E-state index >= 15 is 0 Å². The molecule has 3 amide bonds. The number of benzene rings is 2. The molecular weight excluding hydrogens is 356 g/mol. The van der Waals surface area contributed by atoms with E-state index in [1.54, 1.807) is 31.4 Å². The number of carbonyl (C=O) groups excluding carboxylic acids is 3. The molecule has 0 unspecified atom stereocenters. The maximum Gasteiger partial charge on any atom is 0.261 e. The Bertz CT molecular complexity index is 905. The number of fused-ring (bicyclic) bond motifs is 1. The SMILES string of the molecule is COc1cccc([C@@H]2CCCN2C(=O)CCN2C(=O)c3ccccc3C2=O)c1. The molecule has 0 bridgehead atoms. The van der Waals surface area contributed by atoms with E-state index in [9.17, 15) is 14.4 Å². The molecule has 0 aromatic heterocycles. The quantitative estimate of drug-likeness (QED) is 0.750. The first kappa shape index (κ1) is 18.2. The van der Waals surface area contributed by atoms with E-state index < -0.39 is 0 Å². The maximum atomic E-state index is 12.9. The largest absolute Gasteiger partial charge is 0.497 e. The van der Waals surface area contributed by atoms with Crippen molar-refractivity contribution in [2.75, 3.05) is 20.2 Å². The second-order valence-corrected chi connectivity index (χ2v) is 7.08. The Hall–Kier alpha value is -3.15. The summed E-state index contributed by atoms with van der Waals surface area (Å²) in [5.74, 6) is 0.0861. The summed E-state index contributed by atoms with van der Waals surface area (Å²) >= 11 is 0. The number of ether oxygens (including phenoxy) is 1. The molecule has 144 valence electrons. The molecule has 2 aliphatic rings. The Morgan fingerprint density at radius 2 is 1.79 bits per heavy atom. The number of amides is 3. The topological polar surface area (TPSA) is 66.9 Å². The van der Waals surface area contributed by atoms with Gasteiger partial charge < -0.3 is 9.64 Å². The number of hydrogen-bond donors (Lipinski definition) is 0. The number of hydrogen-bond acceptors (Lipinski definition) is 4. The van der Waals surface area contributed by atoms with Gasteiger partial charge in [0.15, 0.2) is 0 Å². The van der Waals surface area contributed by atoms with E-state index in [0.717, 1.165) is 24.2 Å². The van der Waals surface area contributed by atoms with Crippen LogP contribution in [-0.2, 0) is 4.79 Å². The molecule has 0 radical (unpaired) electrons. The molecule has 2 aromatic rings. The third kappa shape index (κ3) is 3.15. The van der Waals surface area contributed by atoms with Crippen LogP contribution in [0, 0.1) is 0 Å². The highest BCUT2D eigenvalue weighted by Crippen LogP contribution is 2.34. The van der Waals surface area contributed by atoms with Crippen molar-refractivity contribution in [3.63, 3.8) is 0 Å². The van der Waals surface area contributed by atoms with Gasteiger partial charge >= 0.3 is 0 Å². The summed E-state index contributed by atoms with van der Waals surface area (Å²) in [6.45, 7) is 0.787. The summed E-state index contributed by atoms with van der Waals surface area (Å²) in [5.41, 5.74) is 1.87. The highest BCUT2D eigenvalue weighted by atomic mass is 16.5. The molecule has 0 saturated carbocycles. The van der Waals surface area contributed by atoms with Gasteiger partial charge in [0, 0.05) is 19.5 Å². The van der Waals surface area contributed by atoms with Crippen molar-refractivity contribution in [1.82, 2.24) is 9.80 Å². The van der Waals surface area contributed by atoms with E-state index in [1.165, 1.54) is 4.90 Å². The Labute approximate surface area is 163 Å². The lowest BCUT2D eigenvalue weighted by Gasteiger charge is -2.26. The smallest absolute Gasteiger partial charge is 0.261 e. The van der Waals surface area contributed by atoms with Gasteiger partial charge in [0.25, 0.3) is 11.8 Å². The number of nitrogens with zero attached hydrogens (tertiary/aromatic N) is 2. The van der Waals surface area contributed by atoms with Gasteiger partial charge in [0.2, 0.25) is 5.91 Å². The first-order valence-electron chi connectivity index (χ1n) is 9.49. The Morgan fingerprint density at radius 1 is 1.07 bits per heavy atom. The first-order valence-corrected chi connectivity index (χ1v) is 9.49. The minimum atomic E-state index is -0.320. The predicted molar refractivity (Wildman–Crippen MR) is 103 cm³/mol. The highest BCUT2D eigenvalue weighted by Gasteiger charge is 2.36. The van der Waals surface area contributed by atoms with E-state index in [1.807, 2.05) is 29.2 Å². The standard InChI is InChI=1S/C22H22N2O4/c1-28-16-7-4-6-15(14-16)19-10-5-12-23(19)20(25)11-13-24-21(26)17-8-2-3-9-18(17)22(24)27/h2-4,6-9,14,19H,5,10-13H2,1H3/t19-/m0/s1. The molecule has 6 heteroatoms. The molecule has 4 rings (SSSR count). The van der Waals surface area contributed by atoms with Crippen molar-refractivity contribution in [3.05, 3.63) is 65.2 Å². The lowest BCUT2D eigenvalue weighted by molar-refractivity contribution is -0.132. The van der Waals surface area contributed by atoms with Crippen molar-refractivity contribution in [2.45, 2.75) is 25.3 Å². The number of carbonyl (C=O) groups is 3. The fourth-order valence-corrected chi connectivity index (χ4v) is 4.05. The van der Waals surface area contributed by atoms with Crippen LogP contribution < -0.4 is 4.74 Å². The van der Waals surface area contributed by atoms with Crippen molar-refractivity contribution < 1.29 is 19.1 Å². The van der Waals surface area contributed by atoms with Gasteiger partial charge in [-0.1, -0.05) is 24.3 Å². The molecule has 0 N–H and O–H groups in total. The molecule has 0 spiro atoms. The fourth-order valence-electron chi connectivity index (χ4n) is 4.05. The van der Waals surface area contributed by atoms with Crippen LogP contribution >= 0.6 is 0 Å². The summed E-state index contributed by atoms with van der Waals surface area (Å²) < 4.78 is 5.29. The lowest BCUT2D eigenvalue weighted by Crippen LogP contribution is -2.36. The molecule has 0 aliphatic carbocycles. The van der Waals surface area contributed by atoms with E-state index in [0.29, 0.717) is 17.7 Å². The number of methoxy groups -OCH3 is 1. The third-order valence-corrected chi connectivity index (χ3v) is 5.48. The summed E-state index contributed by atoms with van der Waals surface area (Å²) in [6, 6.07) is 14.5. The van der Waals surface area contributed by atoms with Gasteiger partial charge in [0.05, 0.1) is 24.3 Å². The monoisotopic (exact) mass is 378 g/mol. The van der Waals surface area contributed by atoms with Crippen LogP contribution in [0.2, 0.25) is 0 Å². The minimum Gasteiger partial charge on any atom is -0.497 e. The molecule has 2 aliphatic heterocycles. The zero-order valence-electron chi connectivity index (χ0n) is 15.8. The van der Waals surface area contributed by atoms with Crippen molar-refractivity contribution >= 4 is 17.7 Å². The van der Waals surface area contributed by atoms with Gasteiger partial charge in [-0.3, -0.25) is 19.3 Å². The molecule has 1 fully saturated rings. The molecule has 28 heavy (non-hydrogen) atoms. The van der Waals surface area contributed by atoms with Gasteiger partial charge in [-0.15, -0.1) is 0 Å². The average Bonchev–Trinajstić information content (AvgIpc) is 3.31. The van der Waals surface area contributed by atoms with Gasteiger partial charge in [-0.2, -0.15) is 0 Å². The second kappa shape index (κ2) is 7.46. The summed E-state index contributed by atoms with van der Waals surface area (Å²) in [7, 11) is 1.62. The van der Waals surface area contributed by atoms with Crippen molar-refractivity contribution in [3.8, 4) is 5.75 Å². The Morgan fingerprint density at radius 3 is 2.46 bits per heavy atom. The summed E-state index contributed by atoms with van der Waals surface area (Å²) in [4.78, 5) is 40.8. The van der Waals surface area contributed by atoms with Crippen LogP contribution in [0.3, 0.4) is 0 Å². The van der Waals surface area contributed by atoms with Crippen LogP contribution in [0.4, 0.5) is 0 Å². The molecule has 1 saturated heterocycles. The van der Waals surface area contributed by atoms with Crippen molar-refractivity contribution in [2.24, 2.45) is 0 Å². The minimum absolute atomic E-state index is 0.00442. The normalized spacial score (nSPS) is 18.5. The lowest BCUT2D eigenvalue weighted by atomic mass is 10.0. The number of imide groups is 1. The predicted octanol–water partition coefficient (Wildman–Crippen LogP) is 3.05. The zero-order valence-corrected chi connectivity index (χ0v) is 15.8.